The first-order valence-corrected chi connectivity index (χ1v) is 9.94. The van der Waals surface area contributed by atoms with E-state index in [9.17, 15) is 14.9 Å². The number of carbonyl (C=O) groups excluding carboxylic acids is 1. The third-order valence-corrected chi connectivity index (χ3v) is 5.69. The minimum absolute atomic E-state index is 0.0696. The van der Waals surface area contributed by atoms with Crippen molar-refractivity contribution in [1.82, 2.24) is 10.2 Å². The molecule has 2 aromatic carbocycles. The first kappa shape index (κ1) is 19.0. The highest BCUT2D eigenvalue weighted by Gasteiger charge is 2.10. The molecule has 0 saturated heterocycles. The zero-order valence-electron chi connectivity index (χ0n) is 14.2. The van der Waals surface area contributed by atoms with Crippen LogP contribution < -0.4 is 5.32 Å². The summed E-state index contributed by atoms with van der Waals surface area (Å²) in [4.78, 5) is 22.3. The summed E-state index contributed by atoms with van der Waals surface area (Å²) in [6.45, 7) is 0. The van der Waals surface area contributed by atoms with E-state index in [1.807, 2.05) is 30.3 Å². The van der Waals surface area contributed by atoms with E-state index in [1.54, 1.807) is 12.1 Å². The summed E-state index contributed by atoms with van der Waals surface area (Å²) in [5.74, 6) is 0.524. The fourth-order valence-corrected chi connectivity index (χ4v) is 3.99. The smallest absolute Gasteiger partial charge is 0.269 e. The zero-order valence-corrected chi connectivity index (χ0v) is 15.8. The quantitative estimate of drug-likeness (QED) is 0.262. The maximum atomic E-state index is 12.0. The highest BCUT2D eigenvalue weighted by Crippen LogP contribution is 2.28. The molecule has 1 amide bonds. The number of hydrogen-bond acceptors (Lipinski definition) is 7. The van der Waals surface area contributed by atoms with Crippen LogP contribution in [0.1, 0.15) is 17.5 Å². The van der Waals surface area contributed by atoms with E-state index in [0.29, 0.717) is 23.7 Å². The molecular weight excluding hydrogens is 384 g/mol. The molecule has 0 radical (unpaired) electrons. The normalized spacial score (nSPS) is 10.5. The number of nitrogens with zero attached hydrogens (tertiary/aromatic N) is 3. The van der Waals surface area contributed by atoms with Crippen LogP contribution in [0.2, 0.25) is 0 Å². The van der Waals surface area contributed by atoms with Gasteiger partial charge in [0.1, 0.15) is 0 Å². The van der Waals surface area contributed by atoms with Gasteiger partial charge in [-0.15, -0.1) is 10.2 Å². The van der Waals surface area contributed by atoms with Gasteiger partial charge in [0.2, 0.25) is 11.0 Å². The van der Waals surface area contributed by atoms with Crippen molar-refractivity contribution in [2.75, 3.05) is 5.32 Å². The summed E-state index contributed by atoms with van der Waals surface area (Å²) < 4.78 is 0.728. The van der Waals surface area contributed by atoms with Crippen LogP contribution in [0.3, 0.4) is 0 Å². The predicted molar refractivity (Wildman–Crippen MR) is 106 cm³/mol. The van der Waals surface area contributed by atoms with Crippen LogP contribution in [-0.2, 0) is 17.0 Å². The highest BCUT2D eigenvalue weighted by atomic mass is 32.2. The summed E-state index contributed by atoms with van der Waals surface area (Å²) in [6.07, 6.45) is 1.06. The second kappa shape index (κ2) is 9.24. The highest BCUT2D eigenvalue weighted by molar-refractivity contribution is 8.00. The number of rotatable bonds is 8. The average Bonchev–Trinajstić information content (AvgIpc) is 3.13. The fraction of sp³-hybridized carbons (Fsp3) is 0.167. The van der Waals surface area contributed by atoms with Crippen molar-refractivity contribution in [3.8, 4) is 0 Å². The molecule has 7 nitrogen and oxygen atoms in total. The molecule has 0 aliphatic heterocycles. The Morgan fingerprint density at radius 2 is 1.81 bits per heavy atom. The number of nitro benzene ring substituents is 1. The van der Waals surface area contributed by atoms with E-state index in [-0.39, 0.29) is 11.6 Å². The molecule has 1 heterocycles. The number of benzene rings is 2. The van der Waals surface area contributed by atoms with Gasteiger partial charge in [-0.3, -0.25) is 14.9 Å². The van der Waals surface area contributed by atoms with Crippen LogP contribution >= 0.6 is 23.1 Å². The van der Waals surface area contributed by atoms with Gasteiger partial charge in [-0.05, 0) is 17.5 Å². The Morgan fingerprint density at radius 3 is 2.52 bits per heavy atom. The number of aromatic nitrogens is 2. The Bertz CT molecular complexity index is 914. The van der Waals surface area contributed by atoms with Crippen molar-refractivity contribution in [3.05, 3.63) is 75.8 Å². The van der Waals surface area contributed by atoms with Crippen molar-refractivity contribution >= 4 is 39.8 Å². The van der Waals surface area contributed by atoms with Crippen molar-refractivity contribution < 1.29 is 9.72 Å². The lowest BCUT2D eigenvalue weighted by Gasteiger charge is -2.01. The largest absolute Gasteiger partial charge is 0.300 e. The van der Waals surface area contributed by atoms with Gasteiger partial charge >= 0.3 is 0 Å². The molecule has 0 saturated carbocycles. The van der Waals surface area contributed by atoms with E-state index in [2.05, 4.69) is 15.5 Å². The molecule has 1 aromatic heterocycles. The van der Waals surface area contributed by atoms with Crippen molar-refractivity contribution in [2.24, 2.45) is 0 Å². The van der Waals surface area contributed by atoms with Crippen molar-refractivity contribution in [2.45, 2.75) is 22.9 Å². The lowest BCUT2D eigenvalue weighted by Crippen LogP contribution is -2.12. The third kappa shape index (κ3) is 5.87. The van der Waals surface area contributed by atoms with Crippen LogP contribution in [0.15, 0.2) is 58.9 Å². The molecule has 0 bridgehead atoms. The SMILES string of the molecule is O=C(CCc1ccccc1)Nc1nnc(SCc2ccc([N+](=O)[O-])cc2)s1. The van der Waals surface area contributed by atoms with Gasteiger partial charge in [-0.25, -0.2) is 0 Å². The average molecular weight is 400 g/mol. The fourth-order valence-electron chi connectivity index (χ4n) is 2.26. The number of amides is 1. The van der Waals surface area contributed by atoms with Crippen molar-refractivity contribution in [3.63, 3.8) is 0 Å². The number of aryl methyl sites for hydroxylation is 1. The summed E-state index contributed by atoms with van der Waals surface area (Å²) >= 11 is 2.78. The number of nitro groups is 1. The Hall–Kier alpha value is -2.78. The summed E-state index contributed by atoms with van der Waals surface area (Å²) in [6, 6.07) is 16.2. The van der Waals surface area contributed by atoms with Crippen LogP contribution in [-0.4, -0.2) is 21.0 Å². The van der Waals surface area contributed by atoms with E-state index >= 15 is 0 Å². The Balaban J connectivity index is 1.46. The lowest BCUT2D eigenvalue weighted by molar-refractivity contribution is -0.384. The van der Waals surface area contributed by atoms with Gasteiger partial charge in [0.05, 0.1) is 4.92 Å². The molecule has 27 heavy (non-hydrogen) atoms. The van der Waals surface area contributed by atoms with Crippen molar-refractivity contribution in [1.29, 1.82) is 0 Å². The Kier molecular flexibility index (Phi) is 6.50. The van der Waals surface area contributed by atoms with Crippen LogP contribution in [0.4, 0.5) is 10.8 Å². The van der Waals surface area contributed by atoms with E-state index in [0.717, 1.165) is 15.5 Å². The van der Waals surface area contributed by atoms with E-state index < -0.39 is 4.92 Å². The molecule has 0 spiro atoms. The van der Waals surface area contributed by atoms with Gasteiger partial charge in [0.25, 0.3) is 5.69 Å². The van der Waals surface area contributed by atoms with Gasteiger partial charge in [-0.2, -0.15) is 0 Å². The number of hydrogen-bond donors (Lipinski definition) is 1. The lowest BCUT2D eigenvalue weighted by atomic mass is 10.1. The summed E-state index contributed by atoms with van der Waals surface area (Å²) in [5, 5.41) is 21.9. The molecular formula is C18H16N4O3S2. The Morgan fingerprint density at radius 1 is 1.07 bits per heavy atom. The van der Waals surface area contributed by atoms with E-state index in [4.69, 9.17) is 0 Å². The number of thioether (sulfide) groups is 1. The molecule has 0 fully saturated rings. The van der Waals surface area contributed by atoms with Gasteiger partial charge < -0.3 is 5.32 Å². The van der Waals surface area contributed by atoms with Crippen LogP contribution in [0.5, 0.6) is 0 Å². The monoisotopic (exact) mass is 400 g/mol. The van der Waals surface area contributed by atoms with Gasteiger partial charge in [0, 0.05) is 24.3 Å². The molecule has 3 aromatic rings. The number of nitrogens with one attached hydrogen (secondary N) is 1. The molecule has 3 rings (SSSR count). The molecule has 0 aliphatic carbocycles. The molecule has 0 atom stereocenters. The minimum Gasteiger partial charge on any atom is -0.300 e. The van der Waals surface area contributed by atoms with E-state index in [1.165, 1.54) is 35.2 Å². The topological polar surface area (TPSA) is 98.0 Å². The predicted octanol–water partition coefficient (Wildman–Crippen LogP) is 4.31. The summed E-state index contributed by atoms with van der Waals surface area (Å²) in [5.41, 5.74) is 2.14. The van der Waals surface area contributed by atoms with Gasteiger partial charge in [-0.1, -0.05) is 65.6 Å². The molecule has 1 N–H and O–H groups in total. The second-order valence-corrected chi connectivity index (χ2v) is 7.82. The van der Waals surface area contributed by atoms with Crippen LogP contribution in [0.25, 0.3) is 0 Å². The molecule has 0 aliphatic rings. The molecule has 9 heteroatoms. The maximum absolute atomic E-state index is 12.0. The number of anilines is 1. The standard InChI is InChI=1S/C18H16N4O3S2/c23-16(11-8-13-4-2-1-3-5-13)19-17-20-21-18(27-17)26-12-14-6-9-15(10-7-14)22(24)25/h1-7,9-10H,8,11-12H2,(H,19,20,23). The van der Waals surface area contributed by atoms with Gasteiger partial charge in [0.15, 0.2) is 4.34 Å². The Labute approximate surface area is 164 Å². The second-order valence-electron chi connectivity index (χ2n) is 5.62. The first-order valence-electron chi connectivity index (χ1n) is 8.13. The summed E-state index contributed by atoms with van der Waals surface area (Å²) in [7, 11) is 0. The molecule has 138 valence electrons. The zero-order chi connectivity index (χ0) is 19.1. The first-order chi connectivity index (χ1) is 13.1. The minimum atomic E-state index is -0.422. The third-order valence-electron chi connectivity index (χ3n) is 3.65. The number of non-ortho nitro benzene ring substituents is 1. The van der Waals surface area contributed by atoms with Crippen LogP contribution in [0, 0.1) is 10.1 Å². The molecule has 0 unspecified atom stereocenters. The number of carbonyl (C=O) groups is 1. The maximum Gasteiger partial charge on any atom is 0.269 e.